The first kappa shape index (κ1) is 13.6. The fourth-order valence-corrected chi connectivity index (χ4v) is 2.08. The Balaban J connectivity index is 1.95. The Kier molecular flexibility index (Phi) is 4.20. The summed E-state index contributed by atoms with van der Waals surface area (Å²) < 4.78 is 0. The number of carbonyl (C=O) groups excluding carboxylic acids is 2. The summed E-state index contributed by atoms with van der Waals surface area (Å²) in [6.07, 6.45) is 3.17. The van der Waals surface area contributed by atoms with Crippen molar-refractivity contribution in [3.05, 3.63) is 35.4 Å². The van der Waals surface area contributed by atoms with Gasteiger partial charge in [-0.15, -0.1) is 0 Å². The number of benzene rings is 1. The van der Waals surface area contributed by atoms with Crippen LogP contribution >= 0.6 is 0 Å². The minimum absolute atomic E-state index is 0.0211. The van der Waals surface area contributed by atoms with E-state index in [1.54, 1.807) is 25.1 Å². The maximum Gasteiger partial charge on any atom is 0.253 e. The zero-order chi connectivity index (χ0) is 13.8. The monoisotopic (exact) mass is 260 g/mol. The molecule has 0 radical (unpaired) electrons. The topological polar surface area (TPSA) is 49.4 Å². The third-order valence-electron chi connectivity index (χ3n) is 3.52. The summed E-state index contributed by atoms with van der Waals surface area (Å²) >= 11 is 0. The van der Waals surface area contributed by atoms with E-state index >= 15 is 0 Å². The van der Waals surface area contributed by atoms with Crippen LogP contribution in [0.3, 0.4) is 0 Å². The van der Waals surface area contributed by atoms with Crippen LogP contribution in [-0.4, -0.2) is 30.8 Å². The van der Waals surface area contributed by atoms with E-state index in [1.165, 1.54) is 0 Å². The highest BCUT2D eigenvalue weighted by Crippen LogP contribution is 2.26. The molecule has 0 saturated heterocycles. The van der Waals surface area contributed by atoms with Gasteiger partial charge in [0, 0.05) is 32.1 Å². The predicted molar refractivity (Wildman–Crippen MR) is 73.6 cm³/mol. The normalized spacial score (nSPS) is 14.6. The fourth-order valence-electron chi connectivity index (χ4n) is 2.08. The maximum atomic E-state index is 11.8. The summed E-state index contributed by atoms with van der Waals surface area (Å²) in [4.78, 5) is 25.1. The van der Waals surface area contributed by atoms with Crippen LogP contribution in [0.2, 0.25) is 0 Å². The van der Waals surface area contributed by atoms with Gasteiger partial charge in [-0.1, -0.05) is 18.6 Å². The van der Waals surface area contributed by atoms with Gasteiger partial charge in [0.25, 0.3) is 5.91 Å². The minimum Gasteiger partial charge on any atom is -0.352 e. The van der Waals surface area contributed by atoms with Crippen molar-refractivity contribution in [2.75, 3.05) is 14.1 Å². The summed E-state index contributed by atoms with van der Waals surface area (Å²) in [6, 6.07) is 7.40. The molecule has 2 amide bonds. The van der Waals surface area contributed by atoms with Crippen molar-refractivity contribution in [1.82, 2.24) is 10.2 Å². The van der Waals surface area contributed by atoms with Crippen molar-refractivity contribution in [3.8, 4) is 0 Å². The molecule has 102 valence electrons. The Morgan fingerprint density at radius 3 is 2.63 bits per heavy atom. The Morgan fingerprint density at radius 2 is 2.05 bits per heavy atom. The molecule has 1 saturated carbocycles. The van der Waals surface area contributed by atoms with Crippen LogP contribution in [0.4, 0.5) is 0 Å². The highest BCUT2D eigenvalue weighted by Gasteiger charge is 2.24. The second kappa shape index (κ2) is 5.87. The first-order chi connectivity index (χ1) is 9.08. The molecule has 1 aromatic rings. The van der Waals surface area contributed by atoms with Crippen LogP contribution in [0.5, 0.6) is 0 Å². The number of amides is 2. The van der Waals surface area contributed by atoms with Crippen molar-refractivity contribution in [2.24, 2.45) is 5.92 Å². The molecule has 1 aromatic carbocycles. The SMILES string of the molecule is CN(C)C(=O)c1cccc(CNC(=O)C2CCC2)c1. The summed E-state index contributed by atoms with van der Waals surface area (Å²) in [5, 5.41) is 2.93. The van der Waals surface area contributed by atoms with Gasteiger partial charge >= 0.3 is 0 Å². The van der Waals surface area contributed by atoms with Crippen LogP contribution < -0.4 is 5.32 Å². The zero-order valence-corrected chi connectivity index (χ0v) is 11.5. The number of nitrogens with zero attached hydrogens (tertiary/aromatic N) is 1. The maximum absolute atomic E-state index is 11.8. The van der Waals surface area contributed by atoms with Crippen LogP contribution in [0, 0.1) is 5.92 Å². The average molecular weight is 260 g/mol. The Morgan fingerprint density at radius 1 is 1.32 bits per heavy atom. The molecule has 0 heterocycles. The van der Waals surface area contributed by atoms with E-state index in [0.29, 0.717) is 12.1 Å². The number of hydrogen-bond acceptors (Lipinski definition) is 2. The molecule has 0 bridgehead atoms. The molecule has 0 unspecified atom stereocenters. The van der Waals surface area contributed by atoms with E-state index in [0.717, 1.165) is 24.8 Å². The molecule has 0 aromatic heterocycles. The van der Waals surface area contributed by atoms with E-state index in [-0.39, 0.29) is 17.7 Å². The van der Waals surface area contributed by atoms with Crippen LogP contribution in [0.1, 0.15) is 35.2 Å². The molecule has 2 rings (SSSR count). The molecule has 1 aliphatic carbocycles. The lowest BCUT2D eigenvalue weighted by atomic mass is 9.85. The van der Waals surface area contributed by atoms with Gasteiger partial charge in [0.05, 0.1) is 0 Å². The van der Waals surface area contributed by atoms with Gasteiger partial charge < -0.3 is 10.2 Å². The van der Waals surface area contributed by atoms with Crippen molar-refractivity contribution < 1.29 is 9.59 Å². The van der Waals surface area contributed by atoms with Crippen molar-refractivity contribution in [2.45, 2.75) is 25.8 Å². The van der Waals surface area contributed by atoms with E-state index in [4.69, 9.17) is 0 Å². The Bertz CT molecular complexity index is 479. The van der Waals surface area contributed by atoms with Crippen LogP contribution in [-0.2, 0) is 11.3 Å². The standard InChI is InChI=1S/C15H20N2O2/c1-17(2)15(19)13-8-3-5-11(9-13)10-16-14(18)12-6-4-7-12/h3,5,8-9,12H,4,6-7,10H2,1-2H3,(H,16,18). The molecule has 19 heavy (non-hydrogen) atoms. The van der Waals surface area contributed by atoms with E-state index in [2.05, 4.69) is 5.32 Å². The minimum atomic E-state index is -0.0211. The van der Waals surface area contributed by atoms with Crippen LogP contribution in [0.15, 0.2) is 24.3 Å². The summed E-state index contributed by atoms with van der Waals surface area (Å²) in [7, 11) is 3.46. The second-order valence-corrected chi connectivity index (χ2v) is 5.25. The quantitative estimate of drug-likeness (QED) is 0.897. The summed E-state index contributed by atoms with van der Waals surface area (Å²) in [5.41, 5.74) is 1.61. The lowest BCUT2D eigenvalue weighted by Gasteiger charge is -2.24. The molecular weight excluding hydrogens is 240 g/mol. The molecule has 1 fully saturated rings. The lowest BCUT2D eigenvalue weighted by molar-refractivity contribution is -0.127. The van der Waals surface area contributed by atoms with Gasteiger partial charge in [-0.3, -0.25) is 9.59 Å². The van der Waals surface area contributed by atoms with Gasteiger partial charge in [-0.2, -0.15) is 0 Å². The third-order valence-corrected chi connectivity index (χ3v) is 3.52. The lowest BCUT2D eigenvalue weighted by Crippen LogP contribution is -2.34. The van der Waals surface area contributed by atoms with Crippen molar-refractivity contribution >= 4 is 11.8 Å². The average Bonchev–Trinajstić information content (AvgIpc) is 2.33. The smallest absolute Gasteiger partial charge is 0.253 e. The molecule has 4 heteroatoms. The first-order valence-electron chi connectivity index (χ1n) is 6.66. The highest BCUT2D eigenvalue weighted by molar-refractivity contribution is 5.94. The second-order valence-electron chi connectivity index (χ2n) is 5.25. The summed E-state index contributed by atoms with van der Waals surface area (Å²) in [6.45, 7) is 0.490. The predicted octanol–water partition coefficient (Wildman–Crippen LogP) is 1.80. The largest absolute Gasteiger partial charge is 0.352 e. The Labute approximate surface area is 113 Å². The van der Waals surface area contributed by atoms with E-state index in [9.17, 15) is 9.59 Å². The highest BCUT2D eigenvalue weighted by atomic mass is 16.2. The molecule has 0 atom stereocenters. The van der Waals surface area contributed by atoms with Gasteiger partial charge in [-0.25, -0.2) is 0 Å². The number of hydrogen-bond donors (Lipinski definition) is 1. The number of nitrogens with one attached hydrogen (secondary N) is 1. The summed E-state index contributed by atoms with van der Waals surface area (Å²) in [5.74, 6) is 0.314. The zero-order valence-electron chi connectivity index (χ0n) is 11.5. The Hall–Kier alpha value is -1.84. The number of rotatable bonds is 4. The van der Waals surface area contributed by atoms with Gasteiger partial charge in [0.1, 0.15) is 0 Å². The fraction of sp³-hybridized carbons (Fsp3) is 0.467. The molecule has 4 nitrogen and oxygen atoms in total. The third kappa shape index (κ3) is 3.34. The van der Waals surface area contributed by atoms with Crippen LogP contribution in [0.25, 0.3) is 0 Å². The van der Waals surface area contributed by atoms with Crippen molar-refractivity contribution in [1.29, 1.82) is 0 Å². The molecule has 1 aliphatic rings. The van der Waals surface area contributed by atoms with Crippen molar-refractivity contribution in [3.63, 3.8) is 0 Å². The van der Waals surface area contributed by atoms with E-state index in [1.807, 2.05) is 18.2 Å². The molecule has 1 N–H and O–H groups in total. The van der Waals surface area contributed by atoms with Gasteiger partial charge in [-0.05, 0) is 30.5 Å². The van der Waals surface area contributed by atoms with E-state index < -0.39 is 0 Å². The molecule has 0 aliphatic heterocycles. The van der Waals surface area contributed by atoms with Gasteiger partial charge in [0.15, 0.2) is 0 Å². The first-order valence-corrected chi connectivity index (χ1v) is 6.66. The molecule has 0 spiro atoms. The molecular formula is C15H20N2O2. The number of carbonyl (C=O) groups is 2. The van der Waals surface area contributed by atoms with Gasteiger partial charge in [0.2, 0.25) is 5.91 Å².